The van der Waals surface area contributed by atoms with Crippen molar-refractivity contribution >= 4 is 17.6 Å². The first kappa shape index (κ1) is 14.5. The Morgan fingerprint density at radius 2 is 2.05 bits per heavy atom. The van der Waals surface area contributed by atoms with E-state index in [1.54, 1.807) is 6.07 Å². The van der Waals surface area contributed by atoms with E-state index in [2.05, 4.69) is 5.32 Å². The van der Waals surface area contributed by atoms with E-state index in [-0.39, 0.29) is 6.61 Å². The van der Waals surface area contributed by atoms with Crippen LogP contribution in [-0.4, -0.2) is 28.7 Å². The summed E-state index contributed by atoms with van der Waals surface area (Å²) in [4.78, 5) is 23.4. The molecule has 0 aromatic heterocycles. The first-order valence-electron chi connectivity index (χ1n) is 6.83. The normalized spacial score (nSPS) is 16.2. The van der Waals surface area contributed by atoms with Crippen molar-refractivity contribution in [1.82, 2.24) is 0 Å². The number of benzene rings is 1. The summed E-state index contributed by atoms with van der Waals surface area (Å²) in [5.41, 5.74) is 0.369. The van der Waals surface area contributed by atoms with Crippen LogP contribution in [0.25, 0.3) is 0 Å². The molecule has 0 unspecified atom stereocenters. The number of nitrogens with one attached hydrogen (secondary N) is 1. The summed E-state index contributed by atoms with van der Waals surface area (Å²) >= 11 is 0. The molecule has 0 bridgehead atoms. The van der Waals surface area contributed by atoms with Crippen molar-refractivity contribution in [2.24, 2.45) is 5.41 Å². The summed E-state index contributed by atoms with van der Waals surface area (Å²) in [5.74, 6) is -1.48. The lowest BCUT2D eigenvalue weighted by molar-refractivity contribution is -0.159. The van der Waals surface area contributed by atoms with Crippen LogP contribution in [0, 0.1) is 5.41 Å². The zero-order chi connectivity index (χ0) is 14.6. The number of carboxylic acid groups (broad SMARTS) is 1. The first-order chi connectivity index (χ1) is 9.58. The van der Waals surface area contributed by atoms with Crippen molar-refractivity contribution in [2.75, 3.05) is 11.9 Å². The maximum Gasteiger partial charge on any atom is 0.319 e. The molecule has 0 spiro atoms. The van der Waals surface area contributed by atoms with Gasteiger partial charge in [-0.15, -0.1) is 0 Å². The lowest BCUT2D eigenvalue weighted by Crippen LogP contribution is -2.48. The molecule has 0 saturated heterocycles. The molecule has 5 nitrogen and oxygen atoms in total. The average Bonchev–Trinajstić information content (AvgIpc) is 2.34. The summed E-state index contributed by atoms with van der Waals surface area (Å²) in [7, 11) is 0. The van der Waals surface area contributed by atoms with Crippen LogP contribution in [0.1, 0.15) is 31.2 Å². The van der Waals surface area contributed by atoms with Crippen molar-refractivity contribution in [3.8, 4) is 0 Å². The fourth-order valence-corrected chi connectivity index (χ4v) is 2.41. The SMILES string of the molecule is O=C(O)C1(C(=O)Nc2cccc(CCCO)c2)CCC1. The van der Waals surface area contributed by atoms with Crippen LogP contribution in [-0.2, 0) is 16.0 Å². The van der Waals surface area contributed by atoms with Crippen LogP contribution < -0.4 is 5.32 Å². The number of carboxylic acids is 1. The van der Waals surface area contributed by atoms with Gasteiger partial charge in [0.1, 0.15) is 5.41 Å². The van der Waals surface area contributed by atoms with Crippen LogP contribution in [0.2, 0.25) is 0 Å². The second-order valence-electron chi connectivity index (χ2n) is 5.22. The third kappa shape index (κ3) is 2.82. The highest BCUT2D eigenvalue weighted by molar-refractivity contribution is 6.09. The Labute approximate surface area is 117 Å². The maximum atomic E-state index is 12.2. The Morgan fingerprint density at radius 1 is 1.30 bits per heavy atom. The van der Waals surface area contributed by atoms with Crippen molar-refractivity contribution < 1.29 is 19.8 Å². The number of aliphatic hydroxyl groups excluding tert-OH is 1. The van der Waals surface area contributed by atoms with Gasteiger partial charge < -0.3 is 15.5 Å². The predicted octanol–water partition coefficient (Wildman–Crippen LogP) is 1.80. The number of amides is 1. The van der Waals surface area contributed by atoms with Gasteiger partial charge in [-0.2, -0.15) is 0 Å². The van der Waals surface area contributed by atoms with E-state index in [1.807, 2.05) is 18.2 Å². The highest BCUT2D eigenvalue weighted by Gasteiger charge is 2.51. The molecule has 1 fully saturated rings. The van der Waals surface area contributed by atoms with Gasteiger partial charge in [0.15, 0.2) is 0 Å². The van der Waals surface area contributed by atoms with Crippen LogP contribution in [0.4, 0.5) is 5.69 Å². The number of aliphatic carboxylic acids is 1. The topological polar surface area (TPSA) is 86.6 Å². The number of hydrogen-bond donors (Lipinski definition) is 3. The van der Waals surface area contributed by atoms with Gasteiger partial charge in [0, 0.05) is 12.3 Å². The number of anilines is 1. The van der Waals surface area contributed by atoms with E-state index in [9.17, 15) is 14.7 Å². The number of carbonyl (C=O) groups excluding carboxylic acids is 1. The summed E-state index contributed by atoms with van der Waals surface area (Å²) in [5, 5.41) is 20.7. The molecule has 1 amide bonds. The van der Waals surface area contributed by atoms with Crippen molar-refractivity contribution in [3.05, 3.63) is 29.8 Å². The van der Waals surface area contributed by atoms with Gasteiger partial charge in [-0.05, 0) is 43.4 Å². The molecule has 2 rings (SSSR count). The Balaban J connectivity index is 2.06. The van der Waals surface area contributed by atoms with Gasteiger partial charge in [0.2, 0.25) is 5.91 Å². The first-order valence-corrected chi connectivity index (χ1v) is 6.83. The molecule has 0 radical (unpaired) electrons. The zero-order valence-corrected chi connectivity index (χ0v) is 11.3. The number of carbonyl (C=O) groups is 2. The molecular weight excluding hydrogens is 258 g/mol. The van der Waals surface area contributed by atoms with E-state index in [0.29, 0.717) is 24.9 Å². The van der Waals surface area contributed by atoms with Crippen molar-refractivity contribution in [3.63, 3.8) is 0 Å². The fraction of sp³-hybridized carbons (Fsp3) is 0.467. The molecule has 0 heterocycles. The molecule has 5 heteroatoms. The Kier molecular flexibility index (Phi) is 4.39. The van der Waals surface area contributed by atoms with Crippen LogP contribution in [0.5, 0.6) is 0 Å². The Bertz CT molecular complexity index is 508. The van der Waals surface area contributed by atoms with Crippen LogP contribution >= 0.6 is 0 Å². The minimum Gasteiger partial charge on any atom is -0.480 e. The molecule has 1 aromatic rings. The summed E-state index contributed by atoms with van der Waals surface area (Å²) < 4.78 is 0. The highest BCUT2D eigenvalue weighted by atomic mass is 16.4. The Morgan fingerprint density at radius 3 is 2.60 bits per heavy atom. The van der Waals surface area contributed by atoms with Crippen LogP contribution in [0.3, 0.4) is 0 Å². The van der Waals surface area contributed by atoms with Crippen molar-refractivity contribution in [2.45, 2.75) is 32.1 Å². The number of rotatable bonds is 6. The minimum absolute atomic E-state index is 0.124. The Hall–Kier alpha value is -1.88. The smallest absolute Gasteiger partial charge is 0.319 e. The van der Waals surface area contributed by atoms with E-state index < -0.39 is 17.3 Å². The van der Waals surface area contributed by atoms with Gasteiger partial charge in [-0.3, -0.25) is 9.59 Å². The predicted molar refractivity (Wildman–Crippen MR) is 74.4 cm³/mol. The molecule has 1 aliphatic carbocycles. The van der Waals surface area contributed by atoms with Gasteiger partial charge in [0.05, 0.1) is 0 Å². The molecule has 1 saturated carbocycles. The van der Waals surface area contributed by atoms with E-state index >= 15 is 0 Å². The quantitative estimate of drug-likeness (QED) is 0.692. The lowest BCUT2D eigenvalue weighted by Gasteiger charge is -2.35. The number of aliphatic hydroxyl groups is 1. The molecule has 3 N–H and O–H groups in total. The molecule has 0 atom stereocenters. The molecule has 1 aromatic carbocycles. The molecule has 108 valence electrons. The molecule has 20 heavy (non-hydrogen) atoms. The second kappa shape index (κ2) is 6.05. The number of hydrogen-bond acceptors (Lipinski definition) is 3. The summed E-state index contributed by atoms with van der Waals surface area (Å²) in [6.45, 7) is 0.124. The van der Waals surface area contributed by atoms with E-state index in [4.69, 9.17) is 5.11 Å². The largest absolute Gasteiger partial charge is 0.480 e. The lowest BCUT2D eigenvalue weighted by atomic mass is 9.68. The highest BCUT2D eigenvalue weighted by Crippen LogP contribution is 2.42. The third-order valence-electron chi connectivity index (χ3n) is 3.86. The second-order valence-corrected chi connectivity index (χ2v) is 5.22. The third-order valence-corrected chi connectivity index (χ3v) is 3.86. The maximum absolute atomic E-state index is 12.2. The van der Waals surface area contributed by atoms with E-state index in [1.165, 1.54) is 0 Å². The summed E-state index contributed by atoms with van der Waals surface area (Å²) in [6, 6.07) is 7.30. The monoisotopic (exact) mass is 277 g/mol. The van der Waals surface area contributed by atoms with Crippen LogP contribution in [0.15, 0.2) is 24.3 Å². The molecular formula is C15H19NO4. The van der Waals surface area contributed by atoms with Crippen molar-refractivity contribution in [1.29, 1.82) is 0 Å². The molecule has 0 aliphatic heterocycles. The standard InChI is InChI=1S/C15H19NO4/c17-9-2-5-11-4-1-6-12(10-11)16-13(18)15(14(19)20)7-3-8-15/h1,4,6,10,17H,2-3,5,7-9H2,(H,16,18)(H,19,20). The van der Waals surface area contributed by atoms with Gasteiger partial charge in [-0.1, -0.05) is 18.6 Å². The van der Waals surface area contributed by atoms with E-state index in [0.717, 1.165) is 18.4 Å². The molecule has 1 aliphatic rings. The van der Waals surface area contributed by atoms with Gasteiger partial charge >= 0.3 is 5.97 Å². The van der Waals surface area contributed by atoms with Gasteiger partial charge in [-0.25, -0.2) is 0 Å². The minimum atomic E-state index is -1.25. The average molecular weight is 277 g/mol. The zero-order valence-electron chi connectivity index (χ0n) is 11.3. The summed E-state index contributed by atoms with van der Waals surface area (Å²) in [6.07, 6.45) is 2.97. The fourth-order valence-electron chi connectivity index (χ4n) is 2.41. The van der Waals surface area contributed by atoms with Gasteiger partial charge in [0.25, 0.3) is 0 Å². The number of aryl methyl sites for hydroxylation is 1.